The smallest absolute Gasteiger partial charge is 0.227 e. The van der Waals surface area contributed by atoms with Crippen LogP contribution < -0.4 is 0 Å². The molecule has 0 saturated carbocycles. The van der Waals surface area contributed by atoms with Gasteiger partial charge in [-0.05, 0) is 23.1 Å². The average molecular weight is 244 g/mol. The third-order valence-corrected chi connectivity index (χ3v) is 3.34. The fourth-order valence-corrected chi connectivity index (χ4v) is 2.30. The molecule has 1 amide bonds. The lowest BCUT2D eigenvalue weighted by atomic mass is 10.1. The van der Waals surface area contributed by atoms with Crippen molar-refractivity contribution in [3.05, 3.63) is 36.0 Å². The van der Waals surface area contributed by atoms with Crippen LogP contribution in [0.25, 0.3) is 10.9 Å². The van der Waals surface area contributed by atoms with E-state index in [1.54, 1.807) is 0 Å². The van der Waals surface area contributed by atoms with E-state index in [2.05, 4.69) is 4.98 Å². The number of amides is 1. The lowest BCUT2D eigenvalue weighted by molar-refractivity contribution is -0.134. The second kappa shape index (κ2) is 4.82. The van der Waals surface area contributed by atoms with Crippen LogP contribution in [0, 0.1) is 0 Å². The van der Waals surface area contributed by atoms with Crippen LogP contribution in [0.2, 0.25) is 0 Å². The summed E-state index contributed by atoms with van der Waals surface area (Å²) >= 11 is 0. The zero-order chi connectivity index (χ0) is 12.4. The van der Waals surface area contributed by atoms with Gasteiger partial charge in [-0.3, -0.25) is 4.79 Å². The van der Waals surface area contributed by atoms with Crippen molar-refractivity contribution in [2.75, 3.05) is 26.3 Å². The molecule has 4 nitrogen and oxygen atoms in total. The maximum atomic E-state index is 12.1. The molecule has 1 fully saturated rings. The summed E-state index contributed by atoms with van der Waals surface area (Å²) in [5, 5.41) is 1.18. The molecule has 1 saturated heterocycles. The third-order valence-electron chi connectivity index (χ3n) is 3.34. The minimum Gasteiger partial charge on any atom is -0.378 e. The summed E-state index contributed by atoms with van der Waals surface area (Å²) in [5.74, 6) is 0.184. The molecule has 1 aliphatic rings. The third kappa shape index (κ3) is 2.24. The van der Waals surface area contributed by atoms with E-state index in [1.165, 1.54) is 5.39 Å². The van der Waals surface area contributed by atoms with Crippen LogP contribution in [0.15, 0.2) is 30.5 Å². The number of hydrogen-bond acceptors (Lipinski definition) is 2. The Hall–Kier alpha value is -1.81. The maximum Gasteiger partial charge on any atom is 0.227 e. The SMILES string of the molecule is O=C(Cc1ccc2cc[nH]c2c1)N1CCOCC1. The molecule has 3 rings (SSSR count). The van der Waals surface area contributed by atoms with Crippen molar-refractivity contribution in [1.29, 1.82) is 0 Å². The first-order valence-electron chi connectivity index (χ1n) is 6.24. The van der Waals surface area contributed by atoms with E-state index < -0.39 is 0 Å². The Balaban J connectivity index is 1.72. The molecule has 1 aromatic heterocycles. The topological polar surface area (TPSA) is 45.3 Å². The number of rotatable bonds is 2. The number of aromatic amines is 1. The van der Waals surface area contributed by atoms with E-state index in [-0.39, 0.29) is 5.91 Å². The van der Waals surface area contributed by atoms with Crippen LogP contribution in [0.3, 0.4) is 0 Å². The van der Waals surface area contributed by atoms with E-state index in [0.717, 1.165) is 11.1 Å². The zero-order valence-electron chi connectivity index (χ0n) is 10.2. The quantitative estimate of drug-likeness (QED) is 0.871. The number of fused-ring (bicyclic) bond motifs is 1. The van der Waals surface area contributed by atoms with Crippen molar-refractivity contribution in [2.24, 2.45) is 0 Å². The molecule has 0 unspecified atom stereocenters. The number of aromatic nitrogens is 1. The van der Waals surface area contributed by atoms with Gasteiger partial charge in [0.1, 0.15) is 0 Å². The van der Waals surface area contributed by atoms with Gasteiger partial charge in [-0.15, -0.1) is 0 Å². The molecule has 1 N–H and O–H groups in total. The molecule has 4 heteroatoms. The fourth-order valence-electron chi connectivity index (χ4n) is 2.30. The number of nitrogens with one attached hydrogen (secondary N) is 1. The van der Waals surface area contributed by atoms with E-state index in [0.29, 0.717) is 32.7 Å². The lowest BCUT2D eigenvalue weighted by Gasteiger charge is -2.26. The van der Waals surface area contributed by atoms with Gasteiger partial charge in [0.15, 0.2) is 0 Å². The predicted molar refractivity (Wildman–Crippen MR) is 69.4 cm³/mol. The van der Waals surface area contributed by atoms with Gasteiger partial charge >= 0.3 is 0 Å². The molecular weight excluding hydrogens is 228 g/mol. The predicted octanol–water partition coefficient (Wildman–Crippen LogP) is 1.57. The molecule has 1 aliphatic heterocycles. The van der Waals surface area contributed by atoms with Crippen LogP contribution >= 0.6 is 0 Å². The van der Waals surface area contributed by atoms with Gasteiger partial charge < -0.3 is 14.6 Å². The van der Waals surface area contributed by atoms with Crippen LogP contribution in [-0.2, 0) is 16.0 Å². The number of H-pyrrole nitrogens is 1. The summed E-state index contributed by atoms with van der Waals surface area (Å²) in [6, 6.07) is 8.15. The van der Waals surface area contributed by atoms with Gasteiger partial charge in [0.25, 0.3) is 0 Å². The van der Waals surface area contributed by atoms with Gasteiger partial charge in [-0.1, -0.05) is 12.1 Å². The number of morpholine rings is 1. The molecule has 0 aliphatic carbocycles. The van der Waals surface area contributed by atoms with Crippen LogP contribution in [-0.4, -0.2) is 42.1 Å². The second-order valence-electron chi connectivity index (χ2n) is 4.57. The van der Waals surface area contributed by atoms with E-state index in [1.807, 2.05) is 35.4 Å². The van der Waals surface area contributed by atoms with E-state index in [9.17, 15) is 4.79 Å². The van der Waals surface area contributed by atoms with E-state index in [4.69, 9.17) is 4.74 Å². The number of carbonyl (C=O) groups is 1. The van der Waals surface area contributed by atoms with Crippen LogP contribution in [0.5, 0.6) is 0 Å². The summed E-state index contributed by atoms with van der Waals surface area (Å²) in [7, 11) is 0. The molecule has 1 aromatic carbocycles. The Morgan fingerprint density at radius 3 is 2.94 bits per heavy atom. The van der Waals surface area contributed by atoms with Crippen LogP contribution in [0.1, 0.15) is 5.56 Å². The monoisotopic (exact) mass is 244 g/mol. The molecule has 0 bridgehead atoms. The molecule has 2 aromatic rings. The first-order chi connectivity index (χ1) is 8.83. The van der Waals surface area contributed by atoms with Gasteiger partial charge in [-0.2, -0.15) is 0 Å². The summed E-state index contributed by atoms with van der Waals surface area (Å²) in [6.07, 6.45) is 2.38. The Bertz CT molecular complexity index is 556. The second-order valence-corrected chi connectivity index (χ2v) is 4.57. The molecule has 18 heavy (non-hydrogen) atoms. The standard InChI is InChI=1S/C14H16N2O2/c17-14(16-5-7-18-8-6-16)10-11-1-2-12-3-4-15-13(12)9-11/h1-4,9,15H,5-8,10H2. The molecule has 0 atom stereocenters. The summed E-state index contributed by atoms with van der Waals surface area (Å²) in [5.41, 5.74) is 2.14. The first-order valence-corrected chi connectivity index (χ1v) is 6.24. The minimum absolute atomic E-state index is 0.184. The molecule has 0 spiro atoms. The highest BCUT2D eigenvalue weighted by molar-refractivity contribution is 5.83. The number of benzene rings is 1. The number of hydrogen-bond donors (Lipinski definition) is 1. The number of nitrogens with zero attached hydrogens (tertiary/aromatic N) is 1. The average Bonchev–Trinajstić information content (AvgIpc) is 2.87. The number of ether oxygens (including phenoxy) is 1. The largest absolute Gasteiger partial charge is 0.378 e. The Morgan fingerprint density at radius 2 is 2.11 bits per heavy atom. The Kier molecular flexibility index (Phi) is 3.02. The summed E-state index contributed by atoms with van der Waals surface area (Å²) in [4.78, 5) is 17.1. The molecular formula is C14H16N2O2. The van der Waals surface area contributed by atoms with Crippen molar-refractivity contribution in [3.8, 4) is 0 Å². The molecule has 94 valence electrons. The zero-order valence-corrected chi connectivity index (χ0v) is 10.2. The van der Waals surface area contributed by atoms with Crippen molar-refractivity contribution in [3.63, 3.8) is 0 Å². The van der Waals surface area contributed by atoms with Crippen LogP contribution in [0.4, 0.5) is 0 Å². The Morgan fingerprint density at radius 1 is 1.28 bits per heavy atom. The van der Waals surface area contributed by atoms with Gasteiger partial charge in [0, 0.05) is 24.8 Å². The molecule has 0 radical (unpaired) electrons. The maximum absolute atomic E-state index is 12.1. The first kappa shape index (κ1) is 11.3. The summed E-state index contributed by atoms with van der Waals surface area (Å²) in [6.45, 7) is 2.73. The molecule has 2 heterocycles. The van der Waals surface area contributed by atoms with Crippen molar-refractivity contribution in [2.45, 2.75) is 6.42 Å². The number of carbonyl (C=O) groups excluding carboxylic acids is 1. The van der Waals surface area contributed by atoms with Gasteiger partial charge in [0.2, 0.25) is 5.91 Å². The van der Waals surface area contributed by atoms with Crippen molar-refractivity contribution >= 4 is 16.8 Å². The highest BCUT2D eigenvalue weighted by Gasteiger charge is 2.16. The summed E-state index contributed by atoms with van der Waals surface area (Å²) < 4.78 is 5.25. The van der Waals surface area contributed by atoms with Crippen molar-refractivity contribution < 1.29 is 9.53 Å². The highest BCUT2D eigenvalue weighted by Crippen LogP contribution is 2.15. The van der Waals surface area contributed by atoms with Gasteiger partial charge in [-0.25, -0.2) is 0 Å². The fraction of sp³-hybridized carbons (Fsp3) is 0.357. The van der Waals surface area contributed by atoms with Gasteiger partial charge in [0.05, 0.1) is 19.6 Å². The minimum atomic E-state index is 0.184. The normalized spacial score (nSPS) is 16.1. The van der Waals surface area contributed by atoms with Crippen molar-refractivity contribution in [1.82, 2.24) is 9.88 Å². The van der Waals surface area contributed by atoms with E-state index >= 15 is 0 Å². The highest BCUT2D eigenvalue weighted by atomic mass is 16.5. The Labute approximate surface area is 106 Å². The lowest BCUT2D eigenvalue weighted by Crippen LogP contribution is -2.41.